The van der Waals surface area contributed by atoms with Crippen molar-refractivity contribution in [1.82, 2.24) is 5.32 Å². The monoisotopic (exact) mass is 330 g/mol. The minimum absolute atomic E-state index is 0.0262. The standard InChI is InChI=1S/C12H15BrN2O4/c1-2-4-9(12(16)17)14-7-8-5-3-6-10(11(8)13)15(18)19/h3,5-6,9,14H,2,4,7H2,1H3,(H,16,17). The van der Waals surface area contributed by atoms with Gasteiger partial charge in [0.1, 0.15) is 6.04 Å². The summed E-state index contributed by atoms with van der Waals surface area (Å²) in [6, 6.07) is 4.05. The van der Waals surface area contributed by atoms with Gasteiger partial charge in [0.15, 0.2) is 0 Å². The molecule has 7 heteroatoms. The number of rotatable bonds is 7. The molecule has 0 aliphatic carbocycles. The Kier molecular flexibility index (Phi) is 5.91. The highest BCUT2D eigenvalue weighted by Gasteiger charge is 2.18. The van der Waals surface area contributed by atoms with Gasteiger partial charge in [-0.1, -0.05) is 25.5 Å². The lowest BCUT2D eigenvalue weighted by molar-refractivity contribution is -0.385. The molecule has 1 aromatic carbocycles. The predicted molar refractivity (Wildman–Crippen MR) is 74.0 cm³/mol. The van der Waals surface area contributed by atoms with Crippen LogP contribution in [0.25, 0.3) is 0 Å². The third kappa shape index (κ3) is 4.29. The van der Waals surface area contributed by atoms with Crippen molar-refractivity contribution in [3.05, 3.63) is 38.3 Å². The average molecular weight is 331 g/mol. The first-order valence-corrected chi connectivity index (χ1v) is 6.64. The summed E-state index contributed by atoms with van der Waals surface area (Å²) in [5.41, 5.74) is 0.637. The van der Waals surface area contributed by atoms with E-state index in [1.165, 1.54) is 6.07 Å². The van der Waals surface area contributed by atoms with E-state index < -0.39 is 16.9 Å². The first-order chi connectivity index (χ1) is 8.97. The number of aliphatic carboxylic acids is 1. The van der Waals surface area contributed by atoms with Crippen molar-refractivity contribution in [2.75, 3.05) is 0 Å². The van der Waals surface area contributed by atoms with E-state index in [2.05, 4.69) is 21.2 Å². The molecule has 1 unspecified atom stereocenters. The zero-order valence-electron chi connectivity index (χ0n) is 10.4. The van der Waals surface area contributed by atoms with Gasteiger partial charge in [0.2, 0.25) is 0 Å². The van der Waals surface area contributed by atoms with Gasteiger partial charge in [-0.15, -0.1) is 0 Å². The molecular formula is C12H15BrN2O4. The maximum atomic E-state index is 11.0. The van der Waals surface area contributed by atoms with E-state index >= 15 is 0 Å². The zero-order valence-corrected chi connectivity index (χ0v) is 12.0. The number of carbonyl (C=O) groups is 1. The largest absolute Gasteiger partial charge is 0.480 e. The van der Waals surface area contributed by atoms with Gasteiger partial charge in [-0.2, -0.15) is 0 Å². The Labute approximate surface area is 119 Å². The second-order valence-electron chi connectivity index (χ2n) is 4.07. The number of nitro benzene ring substituents is 1. The molecule has 0 aliphatic heterocycles. The van der Waals surface area contributed by atoms with Gasteiger partial charge >= 0.3 is 5.97 Å². The summed E-state index contributed by atoms with van der Waals surface area (Å²) in [7, 11) is 0. The molecule has 0 amide bonds. The van der Waals surface area contributed by atoms with Crippen LogP contribution in [0.15, 0.2) is 22.7 Å². The molecule has 6 nitrogen and oxygen atoms in total. The number of hydrogen-bond donors (Lipinski definition) is 2. The summed E-state index contributed by atoms with van der Waals surface area (Å²) in [6.07, 6.45) is 1.27. The molecule has 19 heavy (non-hydrogen) atoms. The number of nitro groups is 1. The number of carboxylic acid groups (broad SMARTS) is 1. The molecule has 0 aromatic heterocycles. The Morgan fingerprint density at radius 3 is 2.79 bits per heavy atom. The summed E-state index contributed by atoms with van der Waals surface area (Å²) in [5.74, 6) is -0.914. The number of benzene rings is 1. The minimum atomic E-state index is -0.914. The molecule has 0 saturated heterocycles. The molecule has 0 spiro atoms. The van der Waals surface area contributed by atoms with Crippen molar-refractivity contribution >= 4 is 27.6 Å². The first kappa shape index (κ1) is 15.6. The maximum absolute atomic E-state index is 11.0. The van der Waals surface area contributed by atoms with Gasteiger partial charge < -0.3 is 10.4 Å². The number of carboxylic acids is 1. The topological polar surface area (TPSA) is 92.5 Å². The first-order valence-electron chi connectivity index (χ1n) is 5.85. The van der Waals surface area contributed by atoms with Crippen LogP contribution in [0.4, 0.5) is 5.69 Å². The molecule has 2 N–H and O–H groups in total. The van der Waals surface area contributed by atoms with Crippen LogP contribution in [0, 0.1) is 10.1 Å². The predicted octanol–water partition coefficient (Wildman–Crippen LogP) is 2.70. The van der Waals surface area contributed by atoms with Crippen molar-refractivity contribution in [2.24, 2.45) is 0 Å². The second kappa shape index (κ2) is 7.20. The molecule has 0 radical (unpaired) electrons. The summed E-state index contributed by atoms with van der Waals surface area (Å²) in [4.78, 5) is 21.3. The Morgan fingerprint density at radius 2 is 2.26 bits per heavy atom. The Hall–Kier alpha value is -1.47. The van der Waals surface area contributed by atoms with Crippen LogP contribution in [0.3, 0.4) is 0 Å². The third-order valence-corrected chi connectivity index (χ3v) is 3.58. The highest BCUT2D eigenvalue weighted by atomic mass is 79.9. The molecule has 1 atom stereocenters. The van der Waals surface area contributed by atoms with Crippen LogP contribution in [0.1, 0.15) is 25.3 Å². The molecule has 0 heterocycles. The van der Waals surface area contributed by atoms with Crippen LogP contribution in [0.2, 0.25) is 0 Å². The second-order valence-corrected chi connectivity index (χ2v) is 4.86. The van der Waals surface area contributed by atoms with Gasteiger partial charge in [0.25, 0.3) is 5.69 Å². The summed E-state index contributed by atoms with van der Waals surface area (Å²) >= 11 is 3.18. The number of hydrogen-bond acceptors (Lipinski definition) is 4. The lowest BCUT2D eigenvalue weighted by Crippen LogP contribution is -2.36. The van der Waals surface area contributed by atoms with Crippen molar-refractivity contribution in [3.8, 4) is 0 Å². The molecule has 1 aromatic rings. The lowest BCUT2D eigenvalue weighted by atomic mass is 10.1. The smallest absolute Gasteiger partial charge is 0.320 e. The molecular weight excluding hydrogens is 316 g/mol. The highest BCUT2D eigenvalue weighted by Crippen LogP contribution is 2.28. The van der Waals surface area contributed by atoms with Crippen LogP contribution in [0.5, 0.6) is 0 Å². The number of nitrogens with zero attached hydrogens (tertiary/aromatic N) is 1. The summed E-state index contributed by atoms with van der Waals surface area (Å²) in [5, 5.41) is 22.7. The molecule has 0 aliphatic rings. The zero-order chi connectivity index (χ0) is 14.4. The summed E-state index contributed by atoms with van der Waals surface area (Å²) in [6.45, 7) is 2.17. The molecule has 1 rings (SSSR count). The molecule has 0 saturated carbocycles. The van der Waals surface area contributed by atoms with Crippen molar-refractivity contribution in [2.45, 2.75) is 32.4 Å². The van der Waals surface area contributed by atoms with E-state index in [9.17, 15) is 14.9 Å². The van der Waals surface area contributed by atoms with Crippen LogP contribution < -0.4 is 5.32 Å². The fourth-order valence-corrected chi connectivity index (χ4v) is 2.23. The number of nitrogens with one attached hydrogen (secondary N) is 1. The van der Waals surface area contributed by atoms with Gasteiger partial charge in [-0.3, -0.25) is 14.9 Å². The summed E-state index contributed by atoms with van der Waals surface area (Å²) < 4.78 is 0.383. The highest BCUT2D eigenvalue weighted by molar-refractivity contribution is 9.10. The fourth-order valence-electron chi connectivity index (χ4n) is 1.68. The molecule has 0 fully saturated rings. The Bertz CT molecular complexity index is 479. The normalized spacial score (nSPS) is 12.1. The van der Waals surface area contributed by atoms with E-state index in [0.717, 1.165) is 6.42 Å². The van der Waals surface area contributed by atoms with Crippen molar-refractivity contribution < 1.29 is 14.8 Å². The number of halogens is 1. The van der Waals surface area contributed by atoms with Gasteiger partial charge in [0.05, 0.1) is 9.40 Å². The van der Waals surface area contributed by atoms with Crippen LogP contribution >= 0.6 is 15.9 Å². The van der Waals surface area contributed by atoms with Gasteiger partial charge in [0, 0.05) is 12.6 Å². The van der Waals surface area contributed by atoms with Crippen LogP contribution in [-0.2, 0) is 11.3 Å². The lowest BCUT2D eigenvalue weighted by Gasteiger charge is -2.14. The SMILES string of the molecule is CCCC(NCc1cccc([N+](=O)[O-])c1Br)C(=O)O. The maximum Gasteiger partial charge on any atom is 0.320 e. The quantitative estimate of drug-likeness (QED) is 0.592. The molecule has 104 valence electrons. The van der Waals surface area contributed by atoms with E-state index in [4.69, 9.17) is 5.11 Å². The van der Waals surface area contributed by atoms with Crippen LogP contribution in [-0.4, -0.2) is 22.0 Å². The molecule has 0 bridgehead atoms. The van der Waals surface area contributed by atoms with E-state index in [1.54, 1.807) is 12.1 Å². The van der Waals surface area contributed by atoms with E-state index in [0.29, 0.717) is 16.5 Å². The fraction of sp³-hybridized carbons (Fsp3) is 0.417. The van der Waals surface area contributed by atoms with E-state index in [-0.39, 0.29) is 12.2 Å². The Balaban J connectivity index is 2.80. The van der Waals surface area contributed by atoms with Crippen molar-refractivity contribution in [1.29, 1.82) is 0 Å². The van der Waals surface area contributed by atoms with E-state index in [1.807, 2.05) is 6.92 Å². The Morgan fingerprint density at radius 1 is 1.58 bits per heavy atom. The third-order valence-electron chi connectivity index (χ3n) is 2.67. The van der Waals surface area contributed by atoms with Gasteiger partial charge in [-0.05, 0) is 27.9 Å². The minimum Gasteiger partial charge on any atom is -0.480 e. The van der Waals surface area contributed by atoms with Crippen molar-refractivity contribution in [3.63, 3.8) is 0 Å². The van der Waals surface area contributed by atoms with Gasteiger partial charge in [-0.25, -0.2) is 0 Å². The average Bonchev–Trinajstić information content (AvgIpc) is 2.35.